The van der Waals surface area contributed by atoms with Gasteiger partial charge in [0.2, 0.25) is 0 Å². The summed E-state index contributed by atoms with van der Waals surface area (Å²) in [6.07, 6.45) is 4.04. The zero-order valence-electron chi connectivity index (χ0n) is 13.9. The molecule has 22 heavy (non-hydrogen) atoms. The molecule has 1 saturated carbocycles. The van der Waals surface area contributed by atoms with Gasteiger partial charge in [0.1, 0.15) is 0 Å². The van der Waals surface area contributed by atoms with Gasteiger partial charge in [0.15, 0.2) is 0 Å². The molecule has 124 valence electrons. The van der Waals surface area contributed by atoms with Crippen molar-refractivity contribution in [3.8, 4) is 0 Å². The van der Waals surface area contributed by atoms with Crippen LogP contribution in [-0.4, -0.2) is 46.1 Å². The average molecular weight is 325 g/mol. The quantitative estimate of drug-likeness (QED) is 0.806. The van der Waals surface area contributed by atoms with Gasteiger partial charge in [0, 0.05) is 35.1 Å². The highest BCUT2D eigenvalue weighted by Gasteiger charge is 2.33. The summed E-state index contributed by atoms with van der Waals surface area (Å²) in [6.45, 7) is 10.4. The molecule has 0 bridgehead atoms. The van der Waals surface area contributed by atoms with Crippen molar-refractivity contribution in [2.24, 2.45) is 0 Å². The molecule has 2 rings (SSSR count). The fourth-order valence-corrected chi connectivity index (χ4v) is 3.63. The molecule has 0 atom stereocenters. The van der Waals surface area contributed by atoms with E-state index in [-0.39, 0.29) is 12.0 Å². The Hall–Kier alpha value is -0.980. The van der Waals surface area contributed by atoms with Gasteiger partial charge in [0.05, 0.1) is 11.6 Å². The molecule has 1 aromatic rings. The maximum Gasteiger partial charge on any atom is 0.317 e. The minimum Gasteiger partial charge on any atom is -0.480 e. The number of aromatic nitrogens is 1. The minimum absolute atomic E-state index is 0.114. The minimum atomic E-state index is -0.738. The van der Waals surface area contributed by atoms with Gasteiger partial charge in [-0.3, -0.25) is 9.69 Å². The third-order valence-electron chi connectivity index (χ3n) is 4.13. The van der Waals surface area contributed by atoms with Gasteiger partial charge in [0.25, 0.3) is 0 Å². The molecule has 1 heterocycles. The molecule has 0 aromatic carbocycles. The second kappa shape index (κ2) is 7.06. The number of hydrogen-bond acceptors (Lipinski definition) is 5. The van der Waals surface area contributed by atoms with E-state index in [9.17, 15) is 4.79 Å². The number of carboxylic acids is 1. The Labute approximate surface area is 136 Å². The van der Waals surface area contributed by atoms with E-state index in [1.54, 1.807) is 11.3 Å². The third kappa shape index (κ3) is 4.51. The van der Waals surface area contributed by atoms with E-state index in [0.29, 0.717) is 12.1 Å². The first kappa shape index (κ1) is 17.4. The molecule has 0 radical (unpaired) electrons. The fraction of sp³-hybridized carbons (Fsp3) is 0.750. The van der Waals surface area contributed by atoms with Crippen molar-refractivity contribution in [2.45, 2.75) is 64.6 Å². The Bertz CT molecular complexity index is 504. The van der Waals surface area contributed by atoms with Gasteiger partial charge in [-0.2, -0.15) is 0 Å². The number of nitrogens with zero attached hydrogens (tertiary/aromatic N) is 2. The molecule has 6 heteroatoms. The second-order valence-corrected chi connectivity index (χ2v) is 8.16. The van der Waals surface area contributed by atoms with Crippen LogP contribution >= 0.6 is 11.3 Å². The van der Waals surface area contributed by atoms with E-state index in [1.165, 1.54) is 9.88 Å². The Morgan fingerprint density at radius 3 is 2.68 bits per heavy atom. The number of carboxylic acid groups (broad SMARTS) is 1. The lowest BCUT2D eigenvalue weighted by Crippen LogP contribution is -2.53. The lowest BCUT2D eigenvalue weighted by molar-refractivity contribution is -0.139. The summed E-state index contributed by atoms with van der Waals surface area (Å²) < 4.78 is 0. The summed E-state index contributed by atoms with van der Waals surface area (Å²) in [5, 5.41) is 13.6. The molecule has 0 saturated heterocycles. The van der Waals surface area contributed by atoms with Crippen LogP contribution in [0.5, 0.6) is 0 Å². The number of rotatable bonds is 7. The Kier molecular flexibility index (Phi) is 5.58. The summed E-state index contributed by atoms with van der Waals surface area (Å²) in [4.78, 5) is 18.6. The van der Waals surface area contributed by atoms with Crippen molar-refractivity contribution in [3.63, 3.8) is 0 Å². The van der Waals surface area contributed by atoms with Crippen LogP contribution in [-0.2, 0) is 16.8 Å². The van der Waals surface area contributed by atoms with Crippen molar-refractivity contribution in [2.75, 3.05) is 13.1 Å². The summed E-state index contributed by atoms with van der Waals surface area (Å²) in [7, 11) is 0. The third-order valence-corrected chi connectivity index (χ3v) is 5.56. The first-order valence-corrected chi connectivity index (χ1v) is 8.75. The highest BCUT2D eigenvalue weighted by atomic mass is 32.1. The second-order valence-electron chi connectivity index (χ2n) is 7.04. The highest BCUT2D eigenvalue weighted by molar-refractivity contribution is 7.11. The van der Waals surface area contributed by atoms with Gasteiger partial charge < -0.3 is 10.4 Å². The van der Waals surface area contributed by atoms with Crippen molar-refractivity contribution >= 4 is 17.3 Å². The molecule has 2 N–H and O–H groups in total. The average Bonchev–Trinajstić information content (AvgIpc) is 2.83. The topological polar surface area (TPSA) is 65.5 Å². The van der Waals surface area contributed by atoms with Gasteiger partial charge >= 0.3 is 5.97 Å². The number of carbonyl (C=O) groups is 1. The van der Waals surface area contributed by atoms with E-state index in [0.717, 1.165) is 25.9 Å². The molecule has 0 aliphatic heterocycles. The number of hydrogen-bond donors (Lipinski definition) is 2. The first-order chi connectivity index (χ1) is 10.3. The maximum atomic E-state index is 10.8. The molecular formula is C16H27N3O2S. The van der Waals surface area contributed by atoms with Crippen LogP contribution in [0.2, 0.25) is 0 Å². The van der Waals surface area contributed by atoms with Gasteiger partial charge in [-0.1, -0.05) is 27.7 Å². The fourth-order valence-electron chi connectivity index (χ4n) is 2.71. The lowest BCUT2D eigenvalue weighted by atomic mass is 9.85. The number of aliphatic carboxylic acids is 1. The van der Waals surface area contributed by atoms with Crippen LogP contribution < -0.4 is 5.32 Å². The van der Waals surface area contributed by atoms with Crippen LogP contribution in [0.25, 0.3) is 0 Å². The van der Waals surface area contributed by atoms with Crippen molar-refractivity contribution in [1.82, 2.24) is 15.2 Å². The Balaban J connectivity index is 1.74. The standard InChI is InChI=1S/C16H27N3O2S/c1-5-19(10-14(20)21)12-6-11(7-12)17-8-13-9-18-15(22-13)16(2,3)4/h9,11-12,17H,5-8,10H2,1-4H3,(H,20,21). The zero-order chi connectivity index (χ0) is 16.3. The molecule has 5 nitrogen and oxygen atoms in total. The first-order valence-electron chi connectivity index (χ1n) is 7.94. The van der Waals surface area contributed by atoms with Crippen LogP contribution in [0.4, 0.5) is 0 Å². The van der Waals surface area contributed by atoms with Crippen LogP contribution in [0.1, 0.15) is 50.4 Å². The monoisotopic (exact) mass is 325 g/mol. The van der Waals surface area contributed by atoms with E-state index >= 15 is 0 Å². The van der Waals surface area contributed by atoms with Gasteiger partial charge in [-0.15, -0.1) is 11.3 Å². The number of thiazole rings is 1. The van der Waals surface area contributed by atoms with Crippen LogP contribution in [0, 0.1) is 0 Å². The molecule has 0 amide bonds. The molecule has 0 spiro atoms. The molecule has 0 unspecified atom stereocenters. The predicted octanol–water partition coefficient (Wildman–Crippen LogP) is 2.47. The Morgan fingerprint density at radius 1 is 1.50 bits per heavy atom. The van der Waals surface area contributed by atoms with E-state index in [2.05, 4.69) is 31.1 Å². The molecular weight excluding hydrogens is 298 g/mol. The van der Waals surface area contributed by atoms with E-state index in [4.69, 9.17) is 5.11 Å². The zero-order valence-corrected chi connectivity index (χ0v) is 14.7. The molecule has 1 aromatic heterocycles. The predicted molar refractivity (Wildman–Crippen MR) is 89.3 cm³/mol. The van der Waals surface area contributed by atoms with Crippen LogP contribution in [0.15, 0.2) is 6.20 Å². The normalized spacial score (nSPS) is 21.9. The number of nitrogens with one attached hydrogen (secondary N) is 1. The summed E-state index contributed by atoms with van der Waals surface area (Å²) in [6, 6.07) is 0.901. The van der Waals surface area contributed by atoms with Crippen molar-refractivity contribution < 1.29 is 9.90 Å². The molecule has 1 aliphatic carbocycles. The van der Waals surface area contributed by atoms with Crippen molar-refractivity contribution in [1.29, 1.82) is 0 Å². The SMILES string of the molecule is CCN(CC(=O)O)C1CC(NCc2cnc(C(C)(C)C)s2)C1. The van der Waals surface area contributed by atoms with Gasteiger partial charge in [-0.25, -0.2) is 4.98 Å². The lowest BCUT2D eigenvalue weighted by Gasteiger charge is -2.42. The smallest absolute Gasteiger partial charge is 0.317 e. The largest absolute Gasteiger partial charge is 0.480 e. The van der Waals surface area contributed by atoms with E-state index in [1.807, 2.05) is 18.0 Å². The number of likely N-dealkylation sites (N-methyl/N-ethyl adjacent to an activating group) is 1. The summed E-state index contributed by atoms with van der Waals surface area (Å²) in [5.74, 6) is -0.738. The Morgan fingerprint density at radius 2 is 2.18 bits per heavy atom. The molecule has 1 aliphatic rings. The van der Waals surface area contributed by atoms with Crippen LogP contribution in [0.3, 0.4) is 0 Å². The highest BCUT2D eigenvalue weighted by Crippen LogP contribution is 2.28. The maximum absolute atomic E-state index is 10.8. The summed E-state index contributed by atoms with van der Waals surface area (Å²) in [5.41, 5.74) is 0.114. The van der Waals surface area contributed by atoms with Crippen molar-refractivity contribution in [3.05, 3.63) is 16.1 Å². The summed E-state index contributed by atoms with van der Waals surface area (Å²) >= 11 is 1.77. The van der Waals surface area contributed by atoms with Gasteiger partial charge in [-0.05, 0) is 19.4 Å². The molecule has 1 fully saturated rings. The van der Waals surface area contributed by atoms with E-state index < -0.39 is 5.97 Å².